The first-order valence-electron chi connectivity index (χ1n) is 7.08. The van der Waals surface area contributed by atoms with Gasteiger partial charge in [-0.15, -0.1) is 0 Å². The fraction of sp³-hybridized carbons (Fsp3) is 0.250. The van der Waals surface area contributed by atoms with Gasteiger partial charge in [0, 0.05) is 24.4 Å². The third kappa shape index (κ3) is 4.13. The normalized spacial score (nSPS) is 17.0. The lowest BCUT2D eigenvalue weighted by Gasteiger charge is -2.11. The van der Waals surface area contributed by atoms with Gasteiger partial charge in [-0.1, -0.05) is 23.2 Å². The Morgan fingerprint density at radius 3 is 2.78 bits per heavy atom. The first-order valence-corrected chi connectivity index (χ1v) is 7.84. The van der Waals surface area contributed by atoms with Gasteiger partial charge in [-0.05, 0) is 24.3 Å². The van der Waals surface area contributed by atoms with Crippen LogP contribution in [0.3, 0.4) is 0 Å². The van der Waals surface area contributed by atoms with E-state index in [1.807, 2.05) is 0 Å². The number of hydrogen-bond donors (Lipinski definition) is 1. The van der Waals surface area contributed by atoms with E-state index in [0.29, 0.717) is 40.4 Å². The minimum Gasteiger partial charge on any atom is -0.472 e. The molecule has 0 radical (unpaired) electrons. The van der Waals surface area contributed by atoms with Gasteiger partial charge in [0.25, 0.3) is 5.91 Å². The highest BCUT2D eigenvalue weighted by atomic mass is 35.5. The Hall–Kier alpha value is -1.82. The molecular formula is C16H14Cl2N2O3. The van der Waals surface area contributed by atoms with Gasteiger partial charge in [0.1, 0.15) is 6.10 Å². The minimum atomic E-state index is -0.286. The predicted molar refractivity (Wildman–Crippen MR) is 88.5 cm³/mol. The molecular weight excluding hydrogens is 339 g/mol. The summed E-state index contributed by atoms with van der Waals surface area (Å²) in [5, 5.41) is 3.55. The molecule has 0 spiro atoms. The van der Waals surface area contributed by atoms with Gasteiger partial charge in [0.15, 0.2) is 0 Å². The molecule has 1 aliphatic heterocycles. The first kappa shape index (κ1) is 16.1. The molecule has 1 unspecified atom stereocenters. The molecule has 1 amide bonds. The molecule has 3 rings (SSSR count). The standard InChI is InChI=1S/C16H14Cl2N2O3/c17-13-3-2-11(7-14(13)18)20-16(21)10-1-4-15(19-8-10)23-12-5-6-22-9-12/h1-4,7-8,12H,5-6,9H2,(H,20,21). The molecule has 0 saturated carbocycles. The van der Waals surface area contributed by atoms with Crippen molar-refractivity contribution in [3.8, 4) is 5.88 Å². The summed E-state index contributed by atoms with van der Waals surface area (Å²) in [7, 11) is 0. The van der Waals surface area contributed by atoms with Crippen molar-refractivity contribution >= 4 is 34.8 Å². The zero-order valence-corrected chi connectivity index (χ0v) is 13.6. The number of rotatable bonds is 4. The van der Waals surface area contributed by atoms with E-state index < -0.39 is 0 Å². The van der Waals surface area contributed by atoms with Crippen molar-refractivity contribution in [2.24, 2.45) is 0 Å². The zero-order chi connectivity index (χ0) is 16.2. The van der Waals surface area contributed by atoms with Crippen LogP contribution < -0.4 is 10.1 Å². The Morgan fingerprint density at radius 2 is 2.13 bits per heavy atom. The summed E-state index contributed by atoms with van der Waals surface area (Å²) in [5.41, 5.74) is 0.985. The van der Waals surface area contributed by atoms with E-state index in [9.17, 15) is 4.79 Å². The van der Waals surface area contributed by atoms with Gasteiger partial charge in [0.05, 0.1) is 28.8 Å². The van der Waals surface area contributed by atoms with Crippen molar-refractivity contribution in [1.82, 2.24) is 4.98 Å². The quantitative estimate of drug-likeness (QED) is 0.908. The number of carbonyl (C=O) groups excluding carboxylic acids is 1. The molecule has 2 aromatic rings. The van der Waals surface area contributed by atoms with E-state index in [1.165, 1.54) is 6.20 Å². The summed E-state index contributed by atoms with van der Waals surface area (Å²) in [6.45, 7) is 1.27. The Morgan fingerprint density at radius 1 is 1.26 bits per heavy atom. The molecule has 0 aliphatic carbocycles. The number of ether oxygens (including phenoxy) is 2. The van der Waals surface area contributed by atoms with Crippen LogP contribution in [-0.2, 0) is 4.74 Å². The van der Waals surface area contributed by atoms with Crippen molar-refractivity contribution in [1.29, 1.82) is 0 Å². The average molecular weight is 353 g/mol. The van der Waals surface area contributed by atoms with Crippen molar-refractivity contribution in [2.45, 2.75) is 12.5 Å². The maximum Gasteiger partial charge on any atom is 0.257 e. The second-order valence-corrected chi connectivity index (χ2v) is 5.89. The highest BCUT2D eigenvalue weighted by Gasteiger charge is 2.18. The third-order valence-electron chi connectivity index (χ3n) is 3.35. The summed E-state index contributed by atoms with van der Waals surface area (Å²) < 4.78 is 10.9. The number of anilines is 1. The van der Waals surface area contributed by atoms with Crippen molar-refractivity contribution in [2.75, 3.05) is 18.5 Å². The number of nitrogens with zero attached hydrogens (tertiary/aromatic N) is 1. The molecule has 2 heterocycles. The molecule has 1 aromatic carbocycles. The lowest BCUT2D eigenvalue weighted by atomic mass is 10.2. The Labute approximate surface area is 143 Å². The van der Waals surface area contributed by atoms with Crippen LogP contribution in [0, 0.1) is 0 Å². The number of benzene rings is 1. The molecule has 120 valence electrons. The summed E-state index contributed by atoms with van der Waals surface area (Å²) in [6, 6.07) is 8.22. The SMILES string of the molecule is O=C(Nc1ccc(Cl)c(Cl)c1)c1ccc(OC2CCOC2)nc1. The van der Waals surface area contributed by atoms with Crippen LogP contribution >= 0.6 is 23.2 Å². The lowest BCUT2D eigenvalue weighted by Crippen LogP contribution is -2.17. The van der Waals surface area contributed by atoms with E-state index in [4.69, 9.17) is 32.7 Å². The molecule has 23 heavy (non-hydrogen) atoms. The predicted octanol–water partition coefficient (Wildman–Crippen LogP) is 3.81. The average Bonchev–Trinajstić information content (AvgIpc) is 3.04. The molecule has 1 atom stereocenters. The van der Waals surface area contributed by atoms with Crippen LogP contribution in [0.2, 0.25) is 10.0 Å². The van der Waals surface area contributed by atoms with Gasteiger partial charge in [0.2, 0.25) is 5.88 Å². The Bertz CT molecular complexity index is 701. The van der Waals surface area contributed by atoms with Crippen LogP contribution in [0.1, 0.15) is 16.8 Å². The molecule has 5 nitrogen and oxygen atoms in total. The number of aromatic nitrogens is 1. The van der Waals surface area contributed by atoms with Crippen molar-refractivity contribution in [3.05, 3.63) is 52.1 Å². The number of nitrogens with one attached hydrogen (secondary N) is 1. The number of pyridine rings is 1. The number of halogens is 2. The Balaban J connectivity index is 1.63. The maximum atomic E-state index is 12.2. The van der Waals surface area contributed by atoms with E-state index >= 15 is 0 Å². The highest BCUT2D eigenvalue weighted by Crippen LogP contribution is 2.25. The van der Waals surface area contributed by atoms with Crippen LogP contribution in [0.5, 0.6) is 5.88 Å². The fourth-order valence-corrected chi connectivity index (χ4v) is 2.44. The van der Waals surface area contributed by atoms with Crippen LogP contribution in [0.25, 0.3) is 0 Å². The monoisotopic (exact) mass is 352 g/mol. The van der Waals surface area contributed by atoms with Gasteiger partial charge in [-0.25, -0.2) is 4.98 Å². The molecule has 7 heteroatoms. The van der Waals surface area contributed by atoms with Gasteiger partial charge in [-0.3, -0.25) is 4.79 Å². The highest BCUT2D eigenvalue weighted by molar-refractivity contribution is 6.42. The summed E-state index contributed by atoms with van der Waals surface area (Å²) in [4.78, 5) is 16.3. The molecule has 1 aliphatic rings. The lowest BCUT2D eigenvalue weighted by molar-refractivity contribution is 0.102. The van der Waals surface area contributed by atoms with Crippen molar-refractivity contribution in [3.63, 3.8) is 0 Å². The van der Waals surface area contributed by atoms with Gasteiger partial charge >= 0.3 is 0 Å². The number of hydrogen-bond acceptors (Lipinski definition) is 4. The van der Waals surface area contributed by atoms with Crippen LogP contribution in [0.15, 0.2) is 36.5 Å². The Kier molecular flexibility index (Phi) is 5.00. The van der Waals surface area contributed by atoms with Crippen LogP contribution in [-0.4, -0.2) is 30.2 Å². The number of amides is 1. The van der Waals surface area contributed by atoms with Crippen molar-refractivity contribution < 1.29 is 14.3 Å². The van der Waals surface area contributed by atoms with E-state index in [0.717, 1.165) is 6.42 Å². The van der Waals surface area contributed by atoms with Crippen LogP contribution in [0.4, 0.5) is 5.69 Å². The number of carbonyl (C=O) groups is 1. The second kappa shape index (κ2) is 7.17. The smallest absolute Gasteiger partial charge is 0.257 e. The second-order valence-electron chi connectivity index (χ2n) is 5.07. The zero-order valence-electron chi connectivity index (χ0n) is 12.1. The van der Waals surface area contributed by atoms with E-state index in [2.05, 4.69) is 10.3 Å². The third-order valence-corrected chi connectivity index (χ3v) is 4.09. The molecule has 1 N–H and O–H groups in total. The summed E-state index contributed by atoms with van der Waals surface area (Å²) in [6.07, 6.45) is 2.34. The largest absolute Gasteiger partial charge is 0.472 e. The molecule has 1 saturated heterocycles. The van der Waals surface area contributed by atoms with Gasteiger partial charge in [-0.2, -0.15) is 0 Å². The maximum absolute atomic E-state index is 12.2. The molecule has 1 fully saturated rings. The van der Waals surface area contributed by atoms with E-state index in [1.54, 1.807) is 30.3 Å². The topological polar surface area (TPSA) is 60.5 Å². The molecule has 0 bridgehead atoms. The minimum absolute atomic E-state index is 0.0263. The van der Waals surface area contributed by atoms with Gasteiger partial charge < -0.3 is 14.8 Å². The summed E-state index contributed by atoms with van der Waals surface area (Å²) >= 11 is 11.8. The first-order chi connectivity index (χ1) is 11.1. The van der Waals surface area contributed by atoms with E-state index in [-0.39, 0.29) is 12.0 Å². The fourth-order valence-electron chi connectivity index (χ4n) is 2.14. The molecule has 1 aromatic heterocycles. The summed E-state index contributed by atoms with van der Waals surface area (Å²) in [5.74, 6) is 0.193.